The summed E-state index contributed by atoms with van der Waals surface area (Å²) in [4.78, 5) is 38.1. The summed E-state index contributed by atoms with van der Waals surface area (Å²) < 4.78 is 13.7. The van der Waals surface area contributed by atoms with Crippen LogP contribution in [0, 0.1) is 12.7 Å². The van der Waals surface area contributed by atoms with Gasteiger partial charge in [-0.3, -0.25) is 4.79 Å². The first-order valence-corrected chi connectivity index (χ1v) is 16.1. The number of carbonyl (C=O) groups is 2. The number of rotatable bonds is 9. The number of amides is 3. The number of aromatic amines is 1. The number of nitrogens with one attached hydrogen (secondary N) is 3. The molecule has 8 nitrogen and oxygen atoms in total. The molecule has 0 aliphatic carbocycles. The lowest BCUT2D eigenvalue weighted by molar-refractivity contribution is -0.118. The summed E-state index contributed by atoms with van der Waals surface area (Å²) in [6.07, 6.45) is 3.91. The monoisotopic (exact) mass is 616 g/mol. The van der Waals surface area contributed by atoms with Gasteiger partial charge >= 0.3 is 6.03 Å². The van der Waals surface area contributed by atoms with Crippen LogP contribution in [0.25, 0.3) is 10.9 Å². The number of thioether (sulfide) groups is 1. The number of para-hydroxylation sites is 1. The molecule has 4 aromatic rings. The third-order valence-corrected chi connectivity index (χ3v) is 9.06. The summed E-state index contributed by atoms with van der Waals surface area (Å²) in [7, 11) is 4.02. The van der Waals surface area contributed by atoms with Crippen molar-refractivity contribution in [1.29, 1.82) is 0 Å². The van der Waals surface area contributed by atoms with Crippen molar-refractivity contribution in [3.8, 4) is 0 Å². The zero-order valence-electron chi connectivity index (χ0n) is 26.0. The van der Waals surface area contributed by atoms with E-state index in [1.54, 1.807) is 22.7 Å². The minimum absolute atomic E-state index is 0.257. The van der Waals surface area contributed by atoms with Crippen molar-refractivity contribution >= 4 is 46.0 Å². The van der Waals surface area contributed by atoms with Gasteiger partial charge in [-0.2, -0.15) is 0 Å². The molecule has 3 N–H and O–H groups in total. The van der Waals surface area contributed by atoms with Crippen molar-refractivity contribution in [2.75, 3.05) is 56.7 Å². The van der Waals surface area contributed by atoms with Gasteiger partial charge in [0.1, 0.15) is 11.9 Å². The molecule has 1 aliphatic heterocycles. The molecular formula is C34H41FN6O2S. The number of fused-ring (bicyclic) bond motifs is 1. The number of carbonyl (C=O) groups excluding carboxylic acids is 2. The maximum atomic E-state index is 14.1. The number of nitrogens with zero attached hydrogens (tertiary/aromatic N) is 3. The lowest BCUT2D eigenvalue weighted by Crippen LogP contribution is -2.56. The first kappa shape index (κ1) is 31.4. The Morgan fingerprint density at radius 3 is 2.50 bits per heavy atom. The number of hydrogen-bond acceptors (Lipinski definition) is 5. The summed E-state index contributed by atoms with van der Waals surface area (Å²) in [5.74, 6) is -0.845. The fraction of sp³-hybridized carbons (Fsp3) is 0.353. The molecular weight excluding hydrogens is 575 g/mol. The third-order valence-electron chi connectivity index (χ3n) is 8.26. The van der Waals surface area contributed by atoms with E-state index >= 15 is 0 Å². The number of anilines is 2. The Kier molecular flexibility index (Phi) is 9.80. The van der Waals surface area contributed by atoms with E-state index in [2.05, 4.69) is 31.5 Å². The molecule has 5 rings (SSSR count). The molecule has 0 unspecified atom stereocenters. The molecule has 3 aromatic carbocycles. The van der Waals surface area contributed by atoms with E-state index in [9.17, 15) is 14.0 Å². The van der Waals surface area contributed by atoms with Crippen LogP contribution in [0.4, 0.5) is 20.6 Å². The molecule has 3 amide bonds. The lowest BCUT2D eigenvalue weighted by atomic mass is 9.92. The van der Waals surface area contributed by atoms with Crippen LogP contribution in [0.15, 0.2) is 71.8 Å². The van der Waals surface area contributed by atoms with Crippen molar-refractivity contribution in [2.24, 2.45) is 0 Å². The van der Waals surface area contributed by atoms with Gasteiger partial charge < -0.3 is 30.3 Å². The zero-order chi connectivity index (χ0) is 31.4. The van der Waals surface area contributed by atoms with E-state index in [4.69, 9.17) is 0 Å². The Labute approximate surface area is 263 Å². The van der Waals surface area contributed by atoms with Gasteiger partial charge in [0.15, 0.2) is 0 Å². The van der Waals surface area contributed by atoms with Crippen LogP contribution in [0.2, 0.25) is 0 Å². The van der Waals surface area contributed by atoms with Gasteiger partial charge in [-0.25, -0.2) is 9.18 Å². The zero-order valence-corrected chi connectivity index (χ0v) is 26.8. The van der Waals surface area contributed by atoms with Gasteiger partial charge in [0.2, 0.25) is 5.91 Å². The number of H-pyrrole nitrogens is 1. The highest BCUT2D eigenvalue weighted by Crippen LogP contribution is 2.31. The van der Waals surface area contributed by atoms with E-state index in [0.717, 1.165) is 50.4 Å². The molecule has 2 heterocycles. The van der Waals surface area contributed by atoms with Gasteiger partial charge in [-0.1, -0.05) is 31.2 Å². The average molecular weight is 617 g/mol. The molecule has 10 heteroatoms. The van der Waals surface area contributed by atoms with Gasteiger partial charge in [0.25, 0.3) is 0 Å². The molecule has 1 aliphatic rings. The molecule has 232 valence electrons. The topological polar surface area (TPSA) is 83.7 Å². The van der Waals surface area contributed by atoms with E-state index in [0.29, 0.717) is 26.2 Å². The van der Waals surface area contributed by atoms with Crippen LogP contribution in [-0.2, 0) is 11.3 Å². The number of piperazine rings is 1. The largest absolute Gasteiger partial charge is 0.368 e. The molecule has 0 bridgehead atoms. The number of halogens is 1. The number of urea groups is 1. The first-order chi connectivity index (χ1) is 21.1. The summed E-state index contributed by atoms with van der Waals surface area (Å²) in [6, 6.07) is 17.8. The predicted octanol–water partition coefficient (Wildman–Crippen LogP) is 6.04. The normalized spacial score (nSPS) is 15.0. The van der Waals surface area contributed by atoms with Crippen LogP contribution in [0.1, 0.15) is 29.5 Å². The van der Waals surface area contributed by atoms with Crippen molar-refractivity contribution in [2.45, 2.75) is 37.2 Å². The molecule has 1 aromatic heterocycles. The second kappa shape index (κ2) is 13.7. The van der Waals surface area contributed by atoms with E-state index in [1.807, 2.05) is 76.8 Å². The van der Waals surface area contributed by atoms with Crippen molar-refractivity contribution in [1.82, 2.24) is 20.1 Å². The fourth-order valence-electron chi connectivity index (χ4n) is 5.94. The summed E-state index contributed by atoms with van der Waals surface area (Å²) in [5, 5.41) is 7.27. The van der Waals surface area contributed by atoms with Gasteiger partial charge in [-0.05, 0) is 80.4 Å². The smallest absolute Gasteiger partial charge is 0.318 e. The second-order valence-electron chi connectivity index (χ2n) is 11.7. The van der Waals surface area contributed by atoms with Gasteiger partial charge in [-0.15, -0.1) is 11.8 Å². The minimum Gasteiger partial charge on any atom is -0.368 e. The summed E-state index contributed by atoms with van der Waals surface area (Å²) in [6.45, 7) is 6.82. The molecule has 44 heavy (non-hydrogen) atoms. The minimum atomic E-state index is -0.828. The van der Waals surface area contributed by atoms with Crippen LogP contribution in [-0.4, -0.2) is 79.3 Å². The fourth-order valence-corrected chi connectivity index (χ4v) is 6.48. The molecule has 1 saturated heterocycles. The maximum absolute atomic E-state index is 14.1. The molecule has 0 spiro atoms. The second-order valence-corrected chi connectivity index (χ2v) is 12.5. The first-order valence-electron chi connectivity index (χ1n) is 14.9. The standard InChI is InChI=1S/C34H41FN6O2S/c1-22-18-25(35)11-12-30(22)40-14-16-41(17-15-40)34(43)38-32(23(2)27-20-36-28-9-7-6-8-26(27)28)33(42)37-29-19-24(21-39(3)4)10-13-31(29)44-5/h6-13,18-20,23,32,36H,14-17,21H2,1-5H3,(H,37,42)(H,38,43)/t23-,32-/m1/s1. The maximum Gasteiger partial charge on any atom is 0.318 e. The highest BCUT2D eigenvalue weighted by molar-refractivity contribution is 7.98. The van der Waals surface area contributed by atoms with Crippen LogP contribution >= 0.6 is 11.8 Å². The lowest BCUT2D eigenvalue weighted by Gasteiger charge is -2.37. The SMILES string of the molecule is CSc1ccc(CN(C)C)cc1NC(=O)[C@H](NC(=O)N1CCN(c2ccc(F)cc2C)CC1)[C@H](C)c1c[nH]c2ccccc12. The van der Waals surface area contributed by atoms with Crippen LogP contribution in [0.5, 0.6) is 0 Å². The summed E-state index contributed by atoms with van der Waals surface area (Å²) >= 11 is 1.57. The molecule has 2 atom stereocenters. The number of aryl methyl sites for hydroxylation is 1. The predicted molar refractivity (Wildman–Crippen MR) is 178 cm³/mol. The van der Waals surface area contributed by atoms with E-state index in [-0.39, 0.29) is 23.7 Å². The van der Waals surface area contributed by atoms with Crippen molar-refractivity contribution < 1.29 is 14.0 Å². The highest BCUT2D eigenvalue weighted by Gasteiger charge is 2.32. The summed E-state index contributed by atoms with van der Waals surface area (Å²) in [5.41, 5.74) is 5.60. The van der Waals surface area contributed by atoms with Crippen LogP contribution < -0.4 is 15.5 Å². The molecule has 0 saturated carbocycles. The van der Waals surface area contributed by atoms with Gasteiger partial charge in [0.05, 0.1) is 5.69 Å². The Bertz CT molecular complexity index is 1630. The van der Waals surface area contributed by atoms with E-state index in [1.165, 1.54) is 12.1 Å². The average Bonchev–Trinajstić information content (AvgIpc) is 3.44. The Balaban J connectivity index is 1.37. The molecule has 1 fully saturated rings. The molecule has 0 radical (unpaired) electrons. The number of benzene rings is 3. The number of hydrogen-bond donors (Lipinski definition) is 3. The van der Waals surface area contributed by atoms with Gasteiger partial charge in [0, 0.05) is 66.3 Å². The Morgan fingerprint density at radius 2 is 1.80 bits per heavy atom. The quantitative estimate of drug-likeness (QED) is 0.200. The highest BCUT2D eigenvalue weighted by atomic mass is 32.2. The number of aromatic nitrogens is 1. The van der Waals surface area contributed by atoms with Crippen molar-refractivity contribution in [3.63, 3.8) is 0 Å². The Hall–Kier alpha value is -4.02. The van der Waals surface area contributed by atoms with Crippen molar-refractivity contribution in [3.05, 3.63) is 89.4 Å². The van der Waals surface area contributed by atoms with E-state index < -0.39 is 6.04 Å². The third kappa shape index (κ3) is 7.03. The van der Waals surface area contributed by atoms with Crippen LogP contribution in [0.3, 0.4) is 0 Å². The Morgan fingerprint density at radius 1 is 1.05 bits per heavy atom.